The van der Waals surface area contributed by atoms with Gasteiger partial charge in [-0.1, -0.05) is 6.07 Å². The van der Waals surface area contributed by atoms with Gasteiger partial charge >= 0.3 is 0 Å². The molecule has 0 aliphatic carbocycles. The van der Waals surface area contributed by atoms with Crippen LogP contribution in [0.15, 0.2) is 78.0 Å². The van der Waals surface area contributed by atoms with E-state index in [-0.39, 0.29) is 17.8 Å². The number of pyridine rings is 4. The summed E-state index contributed by atoms with van der Waals surface area (Å²) < 4.78 is 12.8. The lowest BCUT2D eigenvalue weighted by Gasteiger charge is -2.36. The van der Waals surface area contributed by atoms with Crippen molar-refractivity contribution in [3.63, 3.8) is 0 Å². The molecule has 1 aliphatic heterocycles. The molecule has 0 bridgehead atoms. The molecule has 1 aliphatic rings. The molecule has 5 heterocycles. The quantitative estimate of drug-likeness (QED) is 0.338. The average Bonchev–Trinajstić information content (AvgIpc) is 2.92. The van der Waals surface area contributed by atoms with Gasteiger partial charge in [-0.15, -0.1) is 0 Å². The molecule has 4 aromatic heterocycles. The van der Waals surface area contributed by atoms with Crippen LogP contribution in [0.5, 0.6) is 5.88 Å². The predicted molar refractivity (Wildman–Crippen MR) is 145 cm³/mol. The molecule has 6 rings (SSSR count). The molecule has 0 N–H and O–H groups in total. The van der Waals surface area contributed by atoms with Gasteiger partial charge in [-0.2, -0.15) is 0 Å². The number of methoxy groups -OCH3 is 1. The SMILES string of the molecule is COc1ccc(-c2ccc3ncc4ccc(=O)n(-c5ccc(N6CC(C)OC(C)C6)nc5)c4c3c2)cn1. The van der Waals surface area contributed by atoms with Crippen molar-refractivity contribution in [3.8, 4) is 22.7 Å². The highest BCUT2D eigenvalue weighted by molar-refractivity contribution is 6.05. The third kappa shape index (κ3) is 4.29. The molecule has 2 atom stereocenters. The van der Waals surface area contributed by atoms with Gasteiger partial charge in [-0.05, 0) is 55.8 Å². The van der Waals surface area contributed by atoms with Crippen molar-refractivity contribution < 1.29 is 9.47 Å². The lowest BCUT2D eigenvalue weighted by Crippen LogP contribution is -2.45. The van der Waals surface area contributed by atoms with E-state index in [0.717, 1.165) is 51.8 Å². The van der Waals surface area contributed by atoms with Crippen molar-refractivity contribution in [3.05, 3.63) is 83.5 Å². The molecule has 1 saturated heterocycles. The van der Waals surface area contributed by atoms with E-state index in [1.54, 1.807) is 36.3 Å². The molecule has 186 valence electrons. The Balaban J connectivity index is 1.48. The summed E-state index contributed by atoms with van der Waals surface area (Å²) in [7, 11) is 1.60. The van der Waals surface area contributed by atoms with E-state index in [0.29, 0.717) is 11.6 Å². The maximum atomic E-state index is 13.2. The monoisotopic (exact) mass is 493 g/mol. The average molecular weight is 494 g/mol. The van der Waals surface area contributed by atoms with Crippen LogP contribution in [0.4, 0.5) is 5.82 Å². The smallest absolute Gasteiger partial charge is 0.255 e. The first kappa shape index (κ1) is 23.1. The summed E-state index contributed by atoms with van der Waals surface area (Å²) in [6.45, 7) is 5.71. The summed E-state index contributed by atoms with van der Waals surface area (Å²) in [6.07, 6.45) is 5.63. The van der Waals surface area contributed by atoms with Crippen molar-refractivity contribution >= 4 is 27.6 Å². The van der Waals surface area contributed by atoms with Crippen LogP contribution in [0.3, 0.4) is 0 Å². The Bertz CT molecular complexity index is 1640. The fraction of sp³-hybridized carbons (Fsp3) is 0.241. The lowest BCUT2D eigenvalue weighted by molar-refractivity contribution is -0.00545. The number of aromatic nitrogens is 4. The van der Waals surface area contributed by atoms with Crippen molar-refractivity contribution in [2.75, 3.05) is 25.1 Å². The molecule has 1 fully saturated rings. The maximum Gasteiger partial charge on any atom is 0.255 e. The highest BCUT2D eigenvalue weighted by atomic mass is 16.5. The van der Waals surface area contributed by atoms with E-state index in [1.807, 2.05) is 42.5 Å². The summed E-state index contributed by atoms with van der Waals surface area (Å²) in [5, 5.41) is 1.75. The van der Waals surface area contributed by atoms with Gasteiger partial charge in [-0.25, -0.2) is 9.97 Å². The number of benzene rings is 1. The second kappa shape index (κ2) is 9.29. The molecule has 8 heteroatoms. The summed E-state index contributed by atoms with van der Waals surface area (Å²) in [4.78, 5) is 29.2. The fourth-order valence-corrected chi connectivity index (χ4v) is 5.08. The van der Waals surface area contributed by atoms with Gasteiger partial charge in [0.1, 0.15) is 5.82 Å². The lowest BCUT2D eigenvalue weighted by atomic mass is 10.0. The van der Waals surface area contributed by atoms with Crippen LogP contribution in [-0.4, -0.2) is 51.9 Å². The summed E-state index contributed by atoms with van der Waals surface area (Å²) in [6, 6.07) is 17.2. The van der Waals surface area contributed by atoms with Gasteiger partial charge < -0.3 is 14.4 Å². The zero-order valence-electron chi connectivity index (χ0n) is 21.0. The minimum absolute atomic E-state index is 0.125. The van der Waals surface area contributed by atoms with Crippen LogP contribution in [0.2, 0.25) is 0 Å². The van der Waals surface area contributed by atoms with Crippen molar-refractivity contribution in [2.45, 2.75) is 26.1 Å². The molecule has 0 saturated carbocycles. The Morgan fingerprint density at radius 3 is 2.38 bits per heavy atom. The van der Waals surface area contributed by atoms with Crippen LogP contribution in [0, 0.1) is 0 Å². The maximum absolute atomic E-state index is 13.2. The van der Waals surface area contributed by atoms with Gasteiger partial charge in [0.25, 0.3) is 5.56 Å². The first-order chi connectivity index (χ1) is 18.0. The second-order valence-corrected chi connectivity index (χ2v) is 9.43. The topological polar surface area (TPSA) is 82.4 Å². The molecule has 8 nitrogen and oxygen atoms in total. The van der Waals surface area contributed by atoms with Crippen LogP contribution < -0.4 is 15.2 Å². The predicted octanol–water partition coefficient (Wildman–Crippen LogP) is 4.62. The molecule has 5 aromatic rings. The van der Waals surface area contributed by atoms with Crippen molar-refractivity contribution in [2.24, 2.45) is 0 Å². The van der Waals surface area contributed by atoms with Gasteiger partial charge in [-0.3, -0.25) is 14.3 Å². The number of anilines is 1. The van der Waals surface area contributed by atoms with Gasteiger partial charge in [0.2, 0.25) is 5.88 Å². The minimum Gasteiger partial charge on any atom is -0.481 e. The second-order valence-electron chi connectivity index (χ2n) is 9.43. The third-order valence-electron chi connectivity index (χ3n) is 6.73. The van der Waals surface area contributed by atoms with Crippen LogP contribution in [-0.2, 0) is 4.74 Å². The number of morpholine rings is 1. The summed E-state index contributed by atoms with van der Waals surface area (Å²) in [5.41, 5.74) is 4.10. The fourth-order valence-electron chi connectivity index (χ4n) is 5.08. The van der Waals surface area contributed by atoms with Gasteiger partial charge in [0.15, 0.2) is 0 Å². The van der Waals surface area contributed by atoms with Crippen LogP contribution in [0.1, 0.15) is 13.8 Å². The minimum atomic E-state index is -0.125. The van der Waals surface area contributed by atoms with E-state index in [1.165, 1.54) is 0 Å². The Kier molecular flexibility index (Phi) is 5.81. The molecule has 1 aromatic carbocycles. The van der Waals surface area contributed by atoms with Gasteiger partial charge in [0.05, 0.1) is 42.2 Å². The molecular weight excluding hydrogens is 466 g/mol. The summed E-state index contributed by atoms with van der Waals surface area (Å²) in [5.74, 6) is 1.43. The van der Waals surface area contributed by atoms with Gasteiger partial charge in [0, 0.05) is 54.0 Å². The molecule has 2 unspecified atom stereocenters. The summed E-state index contributed by atoms with van der Waals surface area (Å²) >= 11 is 0. The standard InChI is InChI=1S/C29H27N5O3/c1-18-16-33(17-19(2)37-18)26-9-7-23(15-31-26)34-28(35)11-6-22-14-30-25-8-4-20(12-24(25)29(22)34)21-5-10-27(36-3)32-13-21/h4-15,18-19H,16-17H2,1-3H3. The first-order valence-corrected chi connectivity index (χ1v) is 12.3. The Morgan fingerprint density at radius 2 is 1.68 bits per heavy atom. The van der Waals surface area contributed by atoms with E-state index in [2.05, 4.69) is 34.8 Å². The molecule has 0 amide bonds. The highest BCUT2D eigenvalue weighted by Crippen LogP contribution is 2.30. The molecule has 0 spiro atoms. The third-order valence-corrected chi connectivity index (χ3v) is 6.73. The molecule has 0 radical (unpaired) electrons. The highest BCUT2D eigenvalue weighted by Gasteiger charge is 2.23. The number of hydrogen-bond donors (Lipinski definition) is 0. The number of rotatable bonds is 4. The Labute approximate surface area is 214 Å². The number of fused-ring (bicyclic) bond motifs is 3. The zero-order chi connectivity index (χ0) is 25.5. The van der Waals surface area contributed by atoms with Crippen LogP contribution >= 0.6 is 0 Å². The Morgan fingerprint density at radius 1 is 0.865 bits per heavy atom. The van der Waals surface area contributed by atoms with Crippen LogP contribution in [0.25, 0.3) is 38.6 Å². The molecular formula is C29H27N5O3. The van der Waals surface area contributed by atoms with Crippen molar-refractivity contribution in [1.82, 2.24) is 19.5 Å². The normalized spacial score (nSPS) is 17.9. The number of nitrogens with zero attached hydrogens (tertiary/aromatic N) is 5. The number of ether oxygens (including phenoxy) is 2. The Hall–Kier alpha value is -4.30. The van der Waals surface area contributed by atoms with E-state index in [9.17, 15) is 4.79 Å². The zero-order valence-corrected chi connectivity index (χ0v) is 21.0. The van der Waals surface area contributed by atoms with E-state index >= 15 is 0 Å². The molecule has 37 heavy (non-hydrogen) atoms. The number of hydrogen-bond acceptors (Lipinski definition) is 7. The largest absolute Gasteiger partial charge is 0.481 e. The van der Waals surface area contributed by atoms with E-state index in [4.69, 9.17) is 14.5 Å². The first-order valence-electron chi connectivity index (χ1n) is 12.3. The van der Waals surface area contributed by atoms with Crippen molar-refractivity contribution in [1.29, 1.82) is 0 Å². The van der Waals surface area contributed by atoms with E-state index < -0.39 is 0 Å².